The summed E-state index contributed by atoms with van der Waals surface area (Å²) in [5.41, 5.74) is 1.97. The zero-order valence-corrected chi connectivity index (χ0v) is 13.0. The van der Waals surface area contributed by atoms with Crippen LogP contribution in [0.25, 0.3) is 0 Å². The molecule has 0 spiro atoms. The third-order valence-electron chi connectivity index (χ3n) is 3.68. The van der Waals surface area contributed by atoms with E-state index in [1.165, 1.54) is 0 Å². The van der Waals surface area contributed by atoms with Gasteiger partial charge < -0.3 is 19.3 Å². The molecule has 21 heavy (non-hydrogen) atoms. The molecule has 1 aliphatic heterocycles. The Balaban J connectivity index is 1.80. The van der Waals surface area contributed by atoms with Crippen molar-refractivity contribution in [3.8, 4) is 0 Å². The van der Waals surface area contributed by atoms with Gasteiger partial charge in [0.25, 0.3) is 5.91 Å². The number of nitrogens with zero attached hydrogens (tertiary/aromatic N) is 2. The lowest BCUT2D eigenvalue weighted by atomic mass is 10.2. The average molecular weight is 292 g/mol. The van der Waals surface area contributed by atoms with Crippen LogP contribution in [0.15, 0.2) is 24.3 Å². The van der Waals surface area contributed by atoms with E-state index in [2.05, 4.69) is 0 Å². The van der Waals surface area contributed by atoms with Crippen LogP contribution in [-0.4, -0.2) is 53.0 Å². The Kier molecular flexibility index (Phi) is 5.59. The zero-order chi connectivity index (χ0) is 15.2. The van der Waals surface area contributed by atoms with Crippen molar-refractivity contribution in [2.75, 3.05) is 50.8 Å². The number of hydrogen-bond acceptors (Lipinski definition) is 4. The summed E-state index contributed by atoms with van der Waals surface area (Å²) in [5, 5.41) is 0. The second-order valence-electron chi connectivity index (χ2n) is 5.51. The number of rotatable bonds is 6. The fourth-order valence-corrected chi connectivity index (χ4v) is 2.27. The lowest BCUT2D eigenvalue weighted by Gasteiger charge is -2.19. The number of carbonyl (C=O) groups excluding carboxylic acids is 1. The van der Waals surface area contributed by atoms with E-state index in [1.54, 1.807) is 11.9 Å². The molecular formula is C16H24N2O3. The van der Waals surface area contributed by atoms with Gasteiger partial charge in [0.1, 0.15) is 6.61 Å². The maximum atomic E-state index is 12.1. The molecule has 1 atom stereocenters. The van der Waals surface area contributed by atoms with Crippen molar-refractivity contribution >= 4 is 17.3 Å². The van der Waals surface area contributed by atoms with Crippen molar-refractivity contribution in [1.29, 1.82) is 0 Å². The molecule has 1 aromatic rings. The fourth-order valence-electron chi connectivity index (χ4n) is 2.27. The Hall–Kier alpha value is -1.59. The second-order valence-corrected chi connectivity index (χ2v) is 5.51. The topological polar surface area (TPSA) is 42.0 Å². The molecule has 0 aromatic heterocycles. The summed E-state index contributed by atoms with van der Waals surface area (Å²) in [6, 6.07) is 7.86. The first-order chi connectivity index (χ1) is 10.1. The minimum absolute atomic E-state index is 0.0504. The maximum absolute atomic E-state index is 12.1. The number of amides is 1. The molecule has 1 aromatic carbocycles. The van der Waals surface area contributed by atoms with Crippen molar-refractivity contribution in [3.63, 3.8) is 0 Å². The first-order valence-electron chi connectivity index (χ1n) is 7.31. The molecule has 0 N–H and O–H groups in total. The number of carbonyl (C=O) groups is 1. The van der Waals surface area contributed by atoms with Crippen LogP contribution in [0, 0.1) is 0 Å². The fraction of sp³-hybridized carbons (Fsp3) is 0.562. The van der Waals surface area contributed by atoms with Gasteiger partial charge >= 0.3 is 0 Å². The predicted molar refractivity (Wildman–Crippen MR) is 84.0 cm³/mol. The number of benzene rings is 1. The quantitative estimate of drug-likeness (QED) is 0.803. The van der Waals surface area contributed by atoms with Crippen LogP contribution in [-0.2, 0) is 14.3 Å². The molecule has 2 rings (SSSR count). The molecule has 0 bridgehead atoms. The Morgan fingerprint density at radius 1 is 1.24 bits per heavy atom. The van der Waals surface area contributed by atoms with Gasteiger partial charge in [0.15, 0.2) is 0 Å². The molecule has 1 unspecified atom stereocenters. The standard InChI is InChI=1S/C16H24N2O3/c1-17(2)13-6-8-14(9-7-13)18(3)16(19)12-20-11-15-5-4-10-21-15/h6-9,15H,4-5,10-12H2,1-3H3. The van der Waals surface area contributed by atoms with Gasteiger partial charge in [0.05, 0.1) is 12.7 Å². The number of ether oxygens (including phenoxy) is 2. The van der Waals surface area contributed by atoms with Gasteiger partial charge in [-0.1, -0.05) is 0 Å². The lowest BCUT2D eigenvalue weighted by Crippen LogP contribution is -2.31. The molecule has 1 amide bonds. The zero-order valence-electron chi connectivity index (χ0n) is 13.0. The van der Waals surface area contributed by atoms with E-state index in [0.717, 1.165) is 30.8 Å². The van der Waals surface area contributed by atoms with E-state index in [1.807, 2.05) is 43.3 Å². The monoisotopic (exact) mass is 292 g/mol. The van der Waals surface area contributed by atoms with E-state index >= 15 is 0 Å². The van der Waals surface area contributed by atoms with Gasteiger partial charge in [-0.05, 0) is 37.1 Å². The normalized spacial score (nSPS) is 17.8. The summed E-state index contributed by atoms with van der Waals surface area (Å²) in [6.45, 7) is 1.39. The smallest absolute Gasteiger partial charge is 0.252 e. The minimum atomic E-state index is -0.0504. The number of hydrogen-bond donors (Lipinski definition) is 0. The van der Waals surface area contributed by atoms with E-state index in [-0.39, 0.29) is 18.6 Å². The Morgan fingerprint density at radius 2 is 1.90 bits per heavy atom. The SMILES string of the molecule is CN(C)c1ccc(N(C)C(=O)COCC2CCCO2)cc1. The molecular weight excluding hydrogens is 268 g/mol. The summed E-state index contributed by atoms with van der Waals surface area (Å²) in [5.74, 6) is -0.0504. The first kappa shape index (κ1) is 15.8. The summed E-state index contributed by atoms with van der Waals surface area (Å²) >= 11 is 0. The molecule has 1 aliphatic rings. The Labute approximate surface area is 126 Å². The third kappa shape index (κ3) is 4.44. The van der Waals surface area contributed by atoms with Gasteiger partial charge in [-0.15, -0.1) is 0 Å². The number of likely N-dealkylation sites (N-methyl/N-ethyl adjacent to an activating group) is 1. The molecule has 0 radical (unpaired) electrons. The van der Waals surface area contributed by atoms with E-state index in [0.29, 0.717) is 6.61 Å². The highest BCUT2D eigenvalue weighted by Gasteiger charge is 2.17. The average Bonchev–Trinajstić information content (AvgIpc) is 2.99. The molecule has 1 saturated heterocycles. The van der Waals surface area contributed by atoms with E-state index in [9.17, 15) is 4.79 Å². The van der Waals surface area contributed by atoms with Crippen LogP contribution in [0.5, 0.6) is 0 Å². The lowest BCUT2D eigenvalue weighted by molar-refractivity contribution is -0.123. The molecule has 5 nitrogen and oxygen atoms in total. The highest BCUT2D eigenvalue weighted by molar-refractivity contribution is 5.93. The molecule has 5 heteroatoms. The van der Waals surface area contributed by atoms with Gasteiger partial charge in [-0.2, -0.15) is 0 Å². The molecule has 0 saturated carbocycles. The van der Waals surface area contributed by atoms with Gasteiger partial charge in [0.2, 0.25) is 0 Å². The predicted octanol–water partition coefficient (Wildman–Crippen LogP) is 1.91. The van der Waals surface area contributed by atoms with Crippen LogP contribution < -0.4 is 9.80 Å². The molecule has 116 valence electrons. The van der Waals surface area contributed by atoms with Gasteiger partial charge in [0, 0.05) is 39.1 Å². The molecule has 0 aliphatic carbocycles. The largest absolute Gasteiger partial charge is 0.378 e. The molecule has 1 fully saturated rings. The van der Waals surface area contributed by atoms with Crippen LogP contribution >= 0.6 is 0 Å². The summed E-state index contributed by atoms with van der Waals surface area (Å²) < 4.78 is 10.9. The van der Waals surface area contributed by atoms with E-state index in [4.69, 9.17) is 9.47 Å². The second kappa shape index (κ2) is 7.43. The highest BCUT2D eigenvalue weighted by atomic mass is 16.5. The summed E-state index contributed by atoms with van der Waals surface area (Å²) in [4.78, 5) is 15.7. The highest BCUT2D eigenvalue weighted by Crippen LogP contribution is 2.18. The third-order valence-corrected chi connectivity index (χ3v) is 3.68. The van der Waals surface area contributed by atoms with Crippen molar-refractivity contribution in [1.82, 2.24) is 0 Å². The van der Waals surface area contributed by atoms with Crippen LogP contribution in [0.3, 0.4) is 0 Å². The minimum Gasteiger partial charge on any atom is -0.378 e. The van der Waals surface area contributed by atoms with Crippen molar-refractivity contribution in [2.24, 2.45) is 0 Å². The Morgan fingerprint density at radius 3 is 2.48 bits per heavy atom. The summed E-state index contributed by atoms with van der Waals surface area (Å²) in [7, 11) is 5.74. The van der Waals surface area contributed by atoms with Crippen molar-refractivity contribution in [3.05, 3.63) is 24.3 Å². The van der Waals surface area contributed by atoms with Gasteiger partial charge in [-0.25, -0.2) is 0 Å². The summed E-state index contributed by atoms with van der Waals surface area (Å²) in [6.07, 6.45) is 2.26. The van der Waals surface area contributed by atoms with E-state index < -0.39 is 0 Å². The van der Waals surface area contributed by atoms with Crippen LogP contribution in [0.4, 0.5) is 11.4 Å². The Bertz CT molecular complexity index is 453. The van der Waals surface area contributed by atoms with Crippen molar-refractivity contribution in [2.45, 2.75) is 18.9 Å². The maximum Gasteiger partial charge on any atom is 0.252 e. The van der Waals surface area contributed by atoms with Crippen molar-refractivity contribution < 1.29 is 14.3 Å². The van der Waals surface area contributed by atoms with Gasteiger partial charge in [-0.3, -0.25) is 4.79 Å². The first-order valence-corrected chi connectivity index (χ1v) is 7.31. The van der Waals surface area contributed by atoms with Crippen LogP contribution in [0.2, 0.25) is 0 Å². The van der Waals surface area contributed by atoms with Crippen LogP contribution in [0.1, 0.15) is 12.8 Å². The molecule has 1 heterocycles. The number of anilines is 2.